The molecule has 2 fully saturated rings. The van der Waals surface area contributed by atoms with E-state index in [0.29, 0.717) is 36.0 Å². The third kappa shape index (κ3) is 6.07. The molecule has 1 saturated carbocycles. The fourth-order valence-electron chi connectivity index (χ4n) is 5.04. The largest absolute Gasteiger partial charge is 0.394 e. The standard InChI is InChI=1S/C28H28Cl2FN3O4S/c1-39(37,38)34(24-13-20(12-23(31)14-24)27(36)32-28(17-35)10-11-28)25-15-33(16-25)26(18-2-6-21(29)7-3-18)19-4-8-22(30)9-5-19/h2-9,12-14,25-26,35H,10-11,15-17H2,1H3,(H,32,36). The molecule has 7 nitrogen and oxygen atoms in total. The molecule has 2 aliphatic rings. The summed E-state index contributed by atoms with van der Waals surface area (Å²) in [4.78, 5) is 14.9. The molecule has 3 aromatic rings. The molecule has 0 atom stereocenters. The van der Waals surface area contributed by atoms with E-state index in [-0.39, 0.29) is 23.9 Å². The van der Waals surface area contributed by atoms with Crippen LogP contribution in [0, 0.1) is 5.82 Å². The Hall–Kier alpha value is -2.69. The number of carbonyl (C=O) groups excluding carboxylic acids is 1. The highest BCUT2D eigenvalue weighted by atomic mass is 35.5. The zero-order valence-corrected chi connectivity index (χ0v) is 23.5. The molecular weight excluding hydrogens is 564 g/mol. The maximum absolute atomic E-state index is 14.7. The number of sulfonamides is 1. The summed E-state index contributed by atoms with van der Waals surface area (Å²) in [7, 11) is -3.82. The fraction of sp³-hybridized carbons (Fsp3) is 0.321. The van der Waals surface area contributed by atoms with Crippen LogP contribution in [-0.2, 0) is 10.0 Å². The first-order valence-electron chi connectivity index (χ1n) is 12.5. The molecule has 1 aliphatic heterocycles. The molecule has 39 heavy (non-hydrogen) atoms. The normalized spacial score (nSPS) is 17.1. The van der Waals surface area contributed by atoms with Crippen LogP contribution in [-0.4, -0.2) is 61.9 Å². The molecule has 0 aromatic heterocycles. The number of hydrogen-bond acceptors (Lipinski definition) is 5. The lowest BCUT2D eigenvalue weighted by Gasteiger charge is -2.48. The zero-order valence-electron chi connectivity index (χ0n) is 21.1. The summed E-state index contributed by atoms with van der Waals surface area (Å²) < 4.78 is 41.8. The molecule has 11 heteroatoms. The Bertz CT molecular complexity index is 1430. The van der Waals surface area contributed by atoms with Gasteiger partial charge in [-0.2, -0.15) is 0 Å². The predicted molar refractivity (Wildman–Crippen MR) is 150 cm³/mol. The van der Waals surface area contributed by atoms with Crippen molar-refractivity contribution >= 4 is 44.8 Å². The van der Waals surface area contributed by atoms with E-state index in [1.165, 1.54) is 10.4 Å². The second-order valence-corrected chi connectivity index (χ2v) is 13.0. The van der Waals surface area contributed by atoms with Crippen molar-refractivity contribution < 1.29 is 22.7 Å². The van der Waals surface area contributed by atoms with E-state index < -0.39 is 33.3 Å². The second-order valence-electron chi connectivity index (χ2n) is 10.3. The van der Waals surface area contributed by atoms with E-state index in [4.69, 9.17) is 23.2 Å². The van der Waals surface area contributed by atoms with E-state index in [0.717, 1.165) is 29.5 Å². The molecule has 0 unspecified atom stereocenters. The number of nitrogens with zero attached hydrogens (tertiary/aromatic N) is 2. The van der Waals surface area contributed by atoms with Crippen LogP contribution in [0.15, 0.2) is 66.7 Å². The van der Waals surface area contributed by atoms with E-state index in [2.05, 4.69) is 10.2 Å². The van der Waals surface area contributed by atoms with Gasteiger partial charge in [0.15, 0.2) is 0 Å². The lowest BCUT2D eigenvalue weighted by atomic mass is 9.93. The summed E-state index contributed by atoms with van der Waals surface area (Å²) in [6.07, 6.45) is 2.33. The van der Waals surface area contributed by atoms with Crippen molar-refractivity contribution in [3.05, 3.63) is 99.3 Å². The van der Waals surface area contributed by atoms with Crippen molar-refractivity contribution in [3.8, 4) is 0 Å². The third-order valence-electron chi connectivity index (χ3n) is 7.25. The molecule has 1 aliphatic carbocycles. The third-order valence-corrected chi connectivity index (χ3v) is 8.98. The van der Waals surface area contributed by atoms with Gasteiger partial charge in [-0.3, -0.25) is 14.0 Å². The van der Waals surface area contributed by atoms with Gasteiger partial charge in [0.05, 0.1) is 36.2 Å². The first-order chi connectivity index (χ1) is 18.5. The molecular formula is C28H28Cl2FN3O4S. The molecule has 2 N–H and O–H groups in total. The number of nitrogens with one attached hydrogen (secondary N) is 1. The van der Waals surface area contributed by atoms with Crippen LogP contribution in [0.3, 0.4) is 0 Å². The molecule has 0 bridgehead atoms. The number of aliphatic hydroxyl groups excluding tert-OH is 1. The van der Waals surface area contributed by atoms with Gasteiger partial charge in [0.25, 0.3) is 5.91 Å². The summed E-state index contributed by atoms with van der Waals surface area (Å²) in [6, 6.07) is 17.9. The van der Waals surface area contributed by atoms with E-state index in [1.807, 2.05) is 48.5 Å². The van der Waals surface area contributed by atoms with Crippen LogP contribution in [0.1, 0.15) is 40.4 Å². The molecule has 1 heterocycles. The lowest BCUT2D eigenvalue weighted by molar-refractivity contribution is 0.0906. The average Bonchev–Trinajstić information content (AvgIpc) is 3.63. The smallest absolute Gasteiger partial charge is 0.251 e. The highest BCUT2D eigenvalue weighted by molar-refractivity contribution is 7.92. The number of aliphatic hydroxyl groups is 1. The van der Waals surface area contributed by atoms with Crippen molar-refractivity contribution in [2.45, 2.75) is 30.5 Å². The number of benzene rings is 3. The monoisotopic (exact) mass is 591 g/mol. The van der Waals surface area contributed by atoms with Gasteiger partial charge in [0.2, 0.25) is 10.0 Å². The quantitative estimate of drug-likeness (QED) is 0.379. The summed E-state index contributed by atoms with van der Waals surface area (Å²) in [5.41, 5.74) is 1.35. The topological polar surface area (TPSA) is 90.0 Å². The van der Waals surface area contributed by atoms with Gasteiger partial charge in [-0.15, -0.1) is 0 Å². The molecule has 1 saturated heterocycles. The Kier molecular flexibility index (Phi) is 7.65. The molecule has 0 spiro atoms. The van der Waals surface area contributed by atoms with E-state index in [1.54, 1.807) is 0 Å². The fourth-order valence-corrected chi connectivity index (χ4v) is 6.46. The Morgan fingerprint density at radius 3 is 2.05 bits per heavy atom. The SMILES string of the molecule is CS(=O)(=O)N(c1cc(F)cc(C(=O)NC2(CO)CC2)c1)C1CN(C(c2ccc(Cl)cc2)c2ccc(Cl)cc2)C1. The first-order valence-corrected chi connectivity index (χ1v) is 15.1. The number of carbonyl (C=O) groups is 1. The van der Waals surface area contributed by atoms with Crippen molar-refractivity contribution in [2.75, 3.05) is 30.3 Å². The average molecular weight is 593 g/mol. The van der Waals surface area contributed by atoms with Gasteiger partial charge in [-0.1, -0.05) is 47.5 Å². The second kappa shape index (κ2) is 10.7. The number of rotatable bonds is 9. The molecule has 3 aromatic carbocycles. The lowest BCUT2D eigenvalue weighted by Crippen LogP contribution is -2.61. The number of amides is 1. The van der Waals surface area contributed by atoms with Crippen LogP contribution in [0.5, 0.6) is 0 Å². The minimum atomic E-state index is -3.82. The zero-order chi connectivity index (χ0) is 27.9. The van der Waals surface area contributed by atoms with Gasteiger partial charge in [0.1, 0.15) is 5.82 Å². The molecule has 1 amide bonds. The Labute approximate surface area is 237 Å². The highest BCUT2D eigenvalue weighted by Gasteiger charge is 2.44. The van der Waals surface area contributed by atoms with E-state index >= 15 is 0 Å². The molecule has 0 radical (unpaired) electrons. The number of hydrogen-bond donors (Lipinski definition) is 2. The number of anilines is 1. The summed E-state index contributed by atoms with van der Waals surface area (Å²) in [5, 5.41) is 13.5. The Morgan fingerprint density at radius 2 is 1.59 bits per heavy atom. The summed E-state index contributed by atoms with van der Waals surface area (Å²) >= 11 is 12.2. The summed E-state index contributed by atoms with van der Waals surface area (Å²) in [5.74, 6) is -1.28. The maximum atomic E-state index is 14.7. The van der Waals surface area contributed by atoms with Crippen LogP contribution in [0.25, 0.3) is 0 Å². The van der Waals surface area contributed by atoms with Crippen molar-refractivity contribution in [2.24, 2.45) is 0 Å². The van der Waals surface area contributed by atoms with Gasteiger partial charge in [-0.05, 0) is 66.4 Å². The Morgan fingerprint density at radius 1 is 1.05 bits per heavy atom. The van der Waals surface area contributed by atoms with Crippen LogP contribution >= 0.6 is 23.2 Å². The van der Waals surface area contributed by atoms with Crippen LogP contribution in [0.2, 0.25) is 10.0 Å². The minimum Gasteiger partial charge on any atom is -0.394 e. The van der Waals surface area contributed by atoms with Crippen molar-refractivity contribution in [3.63, 3.8) is 0 Å². The molecule has 206 valence electrons. The maximum Gasteiger partial charge on any atom is 0.251 e. The van der Waals surface area contributed by atoms with Crippen molar-refractivity contribution in [1.29, 1.82) is 0 Å². The van der Waals surface area contributed by atoms with Gasteiger partial charge < -0.3 is 10.4 Å². The highest BCUT2D eigenvalue weighted by Crippen LogP contribution is 2.38. The minimum absolute atomic E-state index is 0.00485. The van der Waals surface area contributed by atoms with Gasteiger partial charge in [-0.25, -0.2) is 12.8 Å². The van der Waals surface area contributed by atoms with E-state index in [9.17, 15) is 22.7 Å². The van der Waals surface area contributed by atoms with Gasteiger partial charge >= 0.3 is 0 Å². The summed E-state index contributed by atoms with van der Waals surface area (Å²) in [6.45, 7) is 0.528. The number of halogens is 3. The Balaban J connectivity index is 1.42. The predicted octanol–water partition coefficient (Wildman–Crippen LogP) is 4.63. The van der Waals surface area contributed by atoms with Crippen molar-refractivity contribution in [1.82, 2.24) is 10.2 Å². The van der Waals surface area contributed by atoms with Crippen LogP contribution < -0.4 is 9.62 Å². The van der Waals surface area contributed by atoms with Gasteiger partial charge in [0, 0.05) is 28.7 Å². The first kappa shape index (κ1) is 27.9. The van der Waals surface area contributed by atoms with Crippen LogP contribution in [0.4, 0.5) is 10.1 Å². The number of likely N-dealkylation sites (tertiary alicyclic amines) is 1. The molecule has 5 rings (SSSR count).